The Labute approximate surface area is 174 Å². The molecule has 0 fully saturated rings. The number of anilines is 1. The first-order valence-corrected chi connectivity index (χ1v) is 10.8. The first-order valence-electron chi connectivity index (χ1n) is 9.59. The minimum absolute atomic E-state index is 0.129. The Kier molecular flexibility index (Phi) is 6.97. The molecule has 0 saturated heterocycles. The summed E-state index contributed by atoms with van der Waals surface area (Å²) in [5.74, 6) is 0.175. The second kappa shape index (κ2) is 9.43. The van der Waals surface area contributed by atoms with Crippen molar-refractivity contribution in [3.8, 4) is 5.75 Å². The summed E-state index contributed by atoms with van der Waals surface area (Å²) in [5.41, 5.74) is 8.11. The molecule has 3 N–H and O–H groups in total. The van der Waals surface area contributed by atoms with E-state index in [1.54, 1.807) is 6.07 Å². The van der Waals surface area contributed by atoms with Crippen molar-refractivity contribution in [3.63, 3.8) is 0 Å². The summed E-state index contributed by atoms with van der Waals surface area (Å²) in [4.78, 5) is 25.5. The van der Waals surface area contributed by atoms with Crippen molar-refractivity contribution in [2.24, 2.45) is 5.73 Å². The summed E-state index contributed by atoms with van der Waals surface area (Å²) in [6, 6.07) is 5.45. The molecule has 1 aliphatic carbocycles. The van der Waals surface area contributed by atoms with Crippen LogP contribution >= 0.6 is 22.9 Å². The lowest BCUT2D eigenvalue weighted by molar-refractivity contribution is -0.116. The van der Waals surface area contributed by atoms with Crippen molar-refractivity contribution in [3.05, 3.63) is 44.8 Å². The number of halogens is 1. The molecule has 28 heavy (non-hydrogen) atoms. The number of aryl methyl sites for hydroxylation is 2. The number of hydrogen-bond acceptors (Lipinski definition) is 4. The summed E-state index contributed by atoms with van der Waals surface area (Å²) in [6.07, 6.45) is 6.02. The summed E-state index contributed by atoms with van der Waals surface area (Å²) >= 11 is 7.43. The van der Waals surface area contributed by atoms with E-state index >= 15 is 0 Å². The maximum absolute atomic E-state index is 12.4. The van der Waals surface area contributed by atoms with Gasteiger partial charge >= 0.3 is 0 Å². The highest BCUT2D eigenvalue weighted by atomic mass is 35.5. The number of benzene rings is 1. The highest BCUT2D eigenvalue weighted by molar-refractivity contribution is 7.17. The lowest BCUT2D eigenvalue weighted by Gasteiger charge is -2.09. The number of thiophene rings is 1. The van der Waals surface area contributed by atoms with Crippen LogP contribution in [0.4, 0.5) is 5.00 Å². The molecular formula is C21H25ClN2O3S. The number of hydrogen-bond donors (Lipinski definition) is 2. The molecule has 0 unspecified atom stereocenters. The molecule has 1 aromatic heterocycles. The summed E-state index contributed by atoms with van der Waals surface area (Å²) < 4.78 is 5.72. The van der Waals surface area contributed by atoms with Crippen LogP contribution < -0.4 is 15.8 Å². The van der Waals surface area contributed by atoms with E-state index in [2.05, 4.69) is 5.32 Å². The van der Waals surface area contributed by atoms with Crippen LogP contribution in [0.3, 0.4) is 0 Å². The third-order valence-corrected chi connectivity index (χ3v) is 6.31. The smallest absolute Gasteiger partial charge is 0.251 e. The Morgan fingerprint density at radius 2 is 2.04 bits per heavy atom. The van der Waals surface area contributed by atoms with Crippen LogP contribution in [-0.2, 0) is 17.6 Å². The molecule has 0 atom stereocenters. The molecule has 0 bridgehead atoms. The molecule has 0 spiro atoms. The molecule has 7 heteroatoms. The second-order valence-corrected chi connectivity index (χ2v) is 8.58. The number of ether oxygens (including phenoxy) is 1. The standard InChI is InChI=1S/C21H25ClN2O3S/c1-13-12-14(22)9-10-16(13)27-11-5-8-18(25)24-21-19(20(23)26)15-6-3-2-4-7-17(15)28-21/h9-10,12H,2-8,11H2,1H3,(H2,23,26)(H,24,25). The van der Waals surface area contributed by atoms with E-state index in [1.807, 2.05) is 19.1 Å². The SMILES string of the molecule is Cc1cc(Cl)ccc1OCCCC(=O)Nc1sc2c(c1C(N)=O)CCCCC2. The van der Waals surface area contributed by atoms with E-state index < -0.39 is 5.91 Å². The third kappa shape index (κ3) is 5.06. The number of primary amides is 1. The Morgan fingerprint density at radius 3 is 2.79 bits per heavy atom. The van der Waals surface area contributed by atoms with E-state index in [-0.39, 0.29) is 5.91 Å². The highest BCUT2D eigenvalue weighted by Crippen LogP contribution is 2.37. The Hall–Kier alpha value is -2.05. The molecule has 3 rings (SSSR count). The first kappa shape index (κ1) is 20.7. The van der Waals surface area contributed by atoms with Crippen LogP contribution in [0.15, 0.2) is 18.2 Å². The first-order chi connectivity index (χ1) is 13.5. The van der Waals surface area contributed by atoms with E-state index in [1.165, 1.54) is 16.2 Å². The molecule has 1 aliphatic rings. The van der Waals surface area contributed by atoms with Crippen molar-refractivity contribution in [1.82, 2.24) is 0 Å². The molecule has 0 aliphatic heterocycles. The largest absolute Gasteiger partial charge is 0.493 e. The van der Waals surface area contributed by atoms with Gasteiger partial charge < -0.3 is 15.8 Å². The van der Waals surface area contributed by atoms with Gasteiger partial charge in [-0.2, -0.15) is 0 Å². The topological polar surface area (TPSA) is 81.4 Å². The number of carbonyl (C=O) groups is 2. The van der Waals surface area contributed by atoms with Crippen LogP contribution in [0.5, 0.6) is 5.75 Å². The van der Waals surface area contributed by atoms with E-state index in [9.17, 15) is 9.59 Å². The van der Waals surface area contributed by atoms with Gasteiger partial charge in [0.2, 0.25) is 5.91 Å². The quantitative estimate of drug-likeness (QED) is 0.495. The molecule has 0 radical (unpaired) electrons. The Balaban J connectivity index is 1.55. The van der Waals surface area contributed by atoms with E-state index in [0.717, 1.165) is 49.0 Å². The predicted octanol–water partition coefficient (Wildman–Crippen LogP) is 4.88. The number of nitrogens with one attached hydrogen (secondary N) is 1. The van der Waals surface area contributed by atoms with Gasteiger partial charge in [0.05, 0.1) is 12.2 Å². The van der Waals surface area contributed by atoms with Gasteiger partial charge in [0.1, 0.15) is 10.8 Å². The molecule has 150 valence electrons. The third-order valence-electron chi connectivity index (χ3n) is 4.86. The predicted molar refractivity (Wildman–Crippen MR) is 114 cm³/mol. The summed E-state index contributed by atoms with van der Waals surface area (Å²) in [7, 11) is 0. The van der Waals surface area contributed by atoms with Gasteiger partial charge in [0.15, 0.2) is 0 Å². The van der Waals surface area contributed by atoms with Gasteiger partial charge in [0, 0.05) is 16.3 Å². The Bertz CT molecular complexity index is 879. The minimum atomic E-state index is -0.462. The highest BCUT2D eigenvalue weighted by Gasteiger charge is 2.24. The van der Waals surface area contributed by atoms with Gasteiger partial charge in [-0.1, -0.05) is 18.0 Å². The fourth-order valence-electron chi connectivity index (χ4n) is 3.47. The van der Waals surface area contributed by atoms with E-state index in [0.29, 0.717) is 35.0 Å². The Morgan fingerprint density at radius 1 is 1.25 bits per heavy atom. The maximum Gasteiger partial charge on any atom is 0.251 e. The number of amides is 2. The van der Waals surface area contributed by atoms with Crippen molar-refractivity contribution < 1.29 is 14.3 Å². The van der Waals surface area contributed by atoms with Gasteiger partial charge in [-0.15, -0.1) is 11.3 Å². The van der Waals surface area contributed by atoms with Gasteiger partial charge in [0.25, 0.3) is 5.91 Å². The molecular weight excluding hydrogens is 396 g/mol. The summed E-state index contributed by atoms with van der Waals surface area (Å²) in [5, 5.41) is 4.16. The van der Waals surface area contributed by atoms with Crippen LogP contribution in [0.25, 0.3) is 0 Å². The number of rotatable bonds is 7. The van der Waals surface area contributed by atoms with Gasteiger partial charge in [-0.05, 0) is 68.4 Å². The number of carbonyl (C=O) groups excluding carboxylic acids is 2. The van der Waals surface area contributed by atoms with Crippen molar-refractivity contribution in [2.75, 3.05) is 11.9 Å². The maximum atomic E-state index is 12.4. The normalized spacial score (nSPS) is 13.5. The van der Waals surface area contributed by atoms with Crippen molar-refractivity contribution in [2.45, 2.75) is 51.9 Å². The van der Waals surface area contributed by atoms with E-state index in [4.69, 9.17) is 22.1 Å². The molecule has 2 amide bonds. The minimum Gasteiger partial charge on any atom is -0.493 e. The molecule has 5 nitrogen and oxygen atoms in total. The zero-order valence-corrected chi connectivity index (χ0v) is 17.5. The molecule has 0 saturated carbocycles. The van der Waals surface area contributed by atoms with Crippen LogP contribution in [0.1, 0.15) is 58.5 Å². The van der Waals surface area contributed by atoms with Gasteiger partial charge in [-0.25, -0.2) is 0 Å². The van der Waals surface area contributed by atoms with Crippen molar-refractivity contribution in [1.29, 1.82) is 0 Å². The fraction of sp³-hybridized carbons (Fsp3) is 0.429. The molecule has 1 heterocycles. The zero-order chi connectivity index (χ0) is 20.1. The lowest BCUT2D eigenvalue weighted by Crippen LogP contribution is -2.18. The number of nitrogens with two attached hydrogens (primary N) is 1. The van der Waals surface area contributed by atoms with Crippen LogP contribution in [-0.4, -0.2) is 18.4 Å². The monoisotopic (exact) mass is 420 g/mol. The van der Waals surface area contributed by atoms with Crippen LogP contribution in [0, 0.1) is 6.92 Å². The van der Waals surface area contributed by atoms with Crippen molar-refractivity contribution >= 4 is 39.8 Å². The molecule has 2 aromatic rings. The average molecular weight is 421 g/mol. The van der Waals surface area contributed by atoms with Crippen LogP contribution in [0.2, 0.25) is 5.02 Å². The second-order valence-electron chi connectivity index (χ2n) is 7.04. The average Bonchev–Trinajstić information content (AvgIpc) is 2.81. The fourth-order valence-corrected chi connectivity index (χ4v) is 5.01. The summed E-state index contributed by atoms with van der Waals surface area (Å²) in [6.45, 7) is 2.36. The number of fused-ring (bicyclic) bond motifs is 1. The van der Waals surface area contributed by atoms with Gasteiger partial charge in [-0.3, -0.25) is 9.59 Å². The zero-order valence-electron chi connectivity index (χ0n) is 16.0. The lowest BCUT2D eigenvalue weighted by atomic mass is 10.1. The molecule has 1 aromatic carbocycles.